The smallest absolute Gasteiger partial charge is 0.339 e. The van der Waals surface area contributed by atoms with Crippen molar-refractivity contribution in [3.8, 4) is 23.0 Å². The fourth-order valence-corrected chi connectivity index (χ4v) is 1.84. The molecule has 116 valence electrons. The number of aliphatic hydroxyl groups excluding tert-OH is 1. The molecular weight excluding hydrogens is 284 g/mol. The molecule has 1 atom stereocenters. The zero-order valence-corrected chi connectivity index (χ0v) is 11.6. The third-order valence-corrected chi connectivity index (χ3v) is 2.75. The maximum absolute atomic E-state index is 11.7. The number of phenolic OH excluding ortho intramolecular Hbond substituents is 1. The highest BCUT2D eigenvalue weighted by molar-refractivity contribution is 5.79. The Hall–Kier alpha value is -2.19. The standard InChI is InChI=1S/C13H16O8/c1-3-18-13(16)9(14)7-4-8(19-5-17-2)10(15)12-11(7)20-6-21-12/h4,9,14-15H,3,5-6H2,1-2H3/t9-/m0/s1. The van der Waals surface area contributed by atoms with Crippen LogP contribution in [-0.2, 0) is 14.3 Å². The summed E-state index contributed by atoms with van der Waals surface area (Å²) in [4.78, 5) is 11.7. The number of aromatic hydroxyl groups is 1. The van der Waals surface area contributed by atoms with Gasteiger partial charge in [0.15, 0.2) is 24.4 Å². The molecular formula is C13H16O8. The fraction of sp³-hybridized carbons (Fsp3) is 0.462. The van der Waals surface area contributed by atoms with Crippen molar-refractivity contribution in [1.82, 2.24) is 0 Å². The lowest BCUT2D eigenvalue weighted by atomic mass is 10.1. The van der Waals surface area contributed by atoms with Gasteiger partial charge in [-0.2, -0.15) is 0 Å². The minimum absolute atomic E-state index is 0.000511. The molecule has 1 aliphatic heterocycles. The number of methoxy groups -OCH3 is 1. The minimum Gasteiger partial charge on any atom is -0.502 e. The average molecular weight is 300 g/mol. The van der Waals surface area contributed by atoms with Crippen molar-refractivity contribution in [2.24, 2.45) is 0 Å². The molecule has 0 fully saturated rings. The molecule has 1 aliphatic rings. The number of rotatable bonds is 6. The number of carbonyl (C=O) groups excluding carboxylic acids is 1. The lowest BCUT2D eigenvalue weighted by Crippen LogP contribution is -2.16. The molecule has 0 bridgehead atoms. The summed E-state index contributed by atoms with van der Waals surface area (Å²) in [6.45, 7) is 1.49. The Morgan fingerprint density at radius 1 is 1.43 bits per heavy atom. The van der Waals surface area contributed by atoms with Crippen LogP contribution in [0.1, 0.15) is 18.6 Å². The Bertz CT molecular complexity index is 527. The molecule has 0 spiro atoms. The van der Waals surface area contributed by atoms with E-state index < -0.39 is 12.1 Å². The number of hydrogen-bond acceptors (Lipinski definition) is 8. The van der Waals surface area contributed by atoms with E-state index in [1.807, 2.05) is 0 Å². The van der Waals surface area contributed by atoms with E-state index in [0.29, 0.717) is 0 Å². The van der Waals surface area contributed by atoms with Crippen molar-refractivity contribution in [2.45, 2.75) is 13.0 Å². The topological polar surface area (TPSA) is 104 Å². The van der Waals surface area contributed by atoms with E-state index in [1.54, 1.807) is 6.92 Å². The summed E-state index contributed by atoms with van der Waals surface area (Å²) in [5.74, 6) is -1.04. The first-order valence-electron chi connectivity index (χ1n) is 6.22. The predicted molar refractivity (Wildman–Crippen MR) is 68.3 cm³/mol. The van der Waals surface area contributed by atoms with Gasteiger partial charge in [0.05, 0.1) is 6.61 Å². The molecule has 0 aromatic heterocycles. The second-order valence-corrected chi connectivity index (χ2v) is 4.08. The summed E-state index contributed by atoms with van der Waals surface area (Å²) in [5, 5.41) is 20.0. The van der Waals surface area contributed by atoms with Gasteiger partial charge in [0, 0.05) is 12.7 Å². The molecule has 1 aromatic carbocycles. The summed E-state index contributed by atoms with van der Waals surface area (Å²) in [6.07, 6.45) is -1.58. The quantitative estimate of drug-likeness (QED) is 0.584. The van der Waals surface area contributed by atoms with E-state index in [0.717, 1.165) is 0 Å². The van der Waals surface area contributed by atoms with Crippen LogP contribution in [0.3, 0.4) is 0 Å². The Kier molecular flexibility index (Phi) is 4.71. The fourth-order valence-electron chi connectivity index (χ4n) is 1.84. The molecule has 0 saturated carbocycles. The van der Waals surface area contributed by atoms with Crippen molar-refractivity contribution in [3.05, 3.63) is 11.6 Å². The molecule has 0 saturated heterocycles. The molecule has 1 aromatic rings. The van der Waals surface area contributed by atoms with E-state index in [9.17, 15) is 15.0 Å². The van der Waals surface area contributed by atoms with Crippen LogP contribution >= 0.6 is 0 Å². The Balaban J connectivity index is 2.40. The summed E-state index contributed by atoms with van der Waals surface area (Å²) in [5.41, 5.74) is 0.0878. The van der Waals surface area contributed by atoms with E-state index in [2.05, 4.69) is 0 Å². The largest absolute Gasteiger partial charge is 0.502 e. The molecule has 0 aliphatic carbocycles. The lowest BCUT2D eigenvalue weighted by Gasteiger charge is -2.15. The third kappa shape index (κ3) is 2.96. The molecule has 2 N–H and O–H groups in total. The van der Waals surface area contributed by atoms with E-state index in [1.165, 1.54) is 13.2 Å². The molecule has 0 amide bonds. The first-order chi connectivity index (χ1) is 10.1. The van der Waals surface area contributed by atoms with Crippen molar-refractivity contribution >= 4 is 5.97 Å². The van der Waals surface area contributed by atoms with Gasteiger partial charge in [-0.15, -0.1) is 0 Å². The monoisotopic (exact) mass is 300 g/mol. The van der Waals surface area contributed by atoms with Crippen LogP contribution < -0.4 is 14.2 Å². The van der Waals surface area contributed by atoms with Crippen LogP contribution in [0.15, 0.2) is 6.07 Å². The second-order valence-electron chi connectivity index (χ2n) is 4.08. The van der Waals surface area contributed by atoms with Gasteiger partial charge >= 0.3 is 5.97 Å². The van der Waals surface area contributed by atoms with Gasteiger partial charge in [0.25, 0.3) is 0 Å². The lowest BCUT2D eigenvalue weighted by molar-refractivity contribution is -0.153. The van der Waals surface area contributed by atoms with Crippen LogP contribution in [0.2, 0.25) is 0 Å². The van der Waals surface area contributed by atoms with Crippen LogP contribution in [0.5, 0.6) is 23.0 Å². The number of benzene rings is 1. The summed E-state index contributed by atoms with van der Waals surface area (Å²) >= 11 is 0. The molecule has 0 radical (unpaired) electrons. The predicted octanol–water partition coefficient (Wildman–Crippen LogP) is 0.700. The summed E-state index contributed by atoms with van der Waals surface area (Å²) in [6, 6.07) is 1.28. The van der Waals surface area contributed by atoms with Gasteiger partial charge in [-0.3, -0.25) is 0 Å². The Morgan fingerprint density at radius 3 is 2.81 bits per heavy atom. The molecule has 0 unspecified atom stereocenters. The van der Waals surface area contributed by atoms with Gasteiger partial charge in [0.1, 0.15) is 0 Å². The number of carbonyl (C=O) groups is 1. The highest BCUT2D eigenvalue weighted by Gasteiger charge is 2.32. The first kappa shape index (κ1) is 15.2. The summed E-state index contributed by atoms with van der Waals surface area (Å²) in [7, 11) is 1.42. The summed E-state index contributed by atoms with van der Waals surface area (Å²) < 4.78 is 25.0. The minimum atomic E-state index is -1.58. The average Bonchev–Trinajstić information content (AvgIpc) is 2.96. The van der Waals surface area contributed by atoms with Crippen molar-refractivity contribution in [1.29, 1.82) is 0 Å². The molecule has 2 rings (SSSR count). The maximum atomic E-state index is 11.7. The molecule has 21 heavy (non-hydrogen) atoms. The number of fused-ring (bicyclic) bond motifs is 1. The highest BCUT2D eigenvalue weighted by atomic mass is 16.7. The van der Waals surface area contributed by atoms with Crippen molar-refractivity contribution in [2.75, 3.05) is 27.3 Å². The van der Waals surface area contributed by atoms with Gasteiger partial charge < -0.3 is 33.9 Å². The third-order valence-electron chi connectivity index (χ3n) is 2.75. The number of hydrogen-bond donors (Lipinski definition) is 2. The first-order valence-corrected chi connectivity index (χ1v) is 6.22. The van der Waals surface area contributed by atoms with Gasteiger partial charge in [-0.1, -0.05) is 0 Å². The van der Waals surface area contributed by atoms with Crippen LogP contribution in [0.4, 0.5) is 0 Å². The number of esters is 1. The number of aliphatic hydroxyl groups is 1. The maximum Gasteiger partial charge on any atom is 0.339 e. The van der Waals surface area contributed by atoms with Crippen LogP contribution in [-0.4, -0.2) is 43.5 Å². The normalized spacial score (nSPS) is 13.9. The zero-order chi connectivity index (χ0) is 15.4. The SMILES string of the molecule is CCOC(=O)[C@@H](O)c1cc(OCOC)c(O)c2c1OCO2. The van der Waals surface area contributed by atoms with E-state index >= 15 is 0 Å². The number of ether oxygens (including phenoxy) is 5. The van der Waals surface area contributed by atoms with E-state index in [-0.39, 0.29) is 48.8 Å². The number of phenols is 1. The van der Waals surface area contributed by atoms with Gasteiger partial charge in [0.2, 0.25) is 18.3 Å². The Labute approximate surface area is 120 Å². The van der Waals surface area contributed by atoms with Crippen LogP contribution in [0, 0.1) is 0 Å². The molecule has 8 heteroatoms. The Morgan fingerprint density at radius 2 is 2.14 bits per heavy atom. The van der Waals surface area contributed by atoms with E-state index in [4.69, 9.17) is 23.7 Å². The molecule has 1 heterocycles. The van der Waals surface area contributed by atoms with Gasteiger partial charge in [-0.05, 0) is 13.0 Å². The zero-order valence-electron chi connectivity index (χ0n) is 11.6. The van der Waals surface area contributed by atoms with Crippen molar-refractivity contribution in [3.63, 3.8) is 0 Å². The van der Waals surface area contributed by atoms with Crippen molar-refractivity contribution < 1.29 is 38.7 Å². The van der Waals surface area contributed by atoms with Crippen LogP contribution in [0.25, 0.3) is 0 Å². The second kappa shape index (κ2) is 6.51. The molecule has 8 nitrogen and oxygen atoms in total. The van der Waals surface area contributed by atoms with Gasteiger partial charge in [-0.25, -0.2) is 4.79 Å². The highest BCUT2D eigenvalue weighted by Crippen LogP contribution is 2.50.